The Morgan fingerprint density at radius 2 is 2.11 bits per heavy atom. The van der Waals surface area contributed by atoms with Crippen LogP contribution in [-0.2, 0) is 16.6 Å². The first-order valence-electron chi connectivity index (χ1n) is 6.78. The maximum absolute atomic E-state index is 12.2. The van der Waals surface area contributed by atoms with Crippen molar-refractivity contribution in [2.45, 2.75) is 45.1 Å². The van der Waals surface area contributed by atoms with E-state index < -0.39 is 10.0 Å². The number of hydrogen-bond donors (Lipinski definition) is 2. The third-order valence-electron chi connectivity index (χ3n) is 3.03. The molecule has 19 heavy (non-hydrogen) atoms. The SMILES string of the molecule is CCCNCc1sccc1S(=O)(=O)NCC(C)CC. The molecule has 0 amide bonds. The van der Waals surface area contributed by atoms with E-state index in [9.17, 15) is 8.42 Å². The monoisotopic (exact) mass is 304 g/mol. The molecule has 110 valence electrons. The Morgan fingerprint density at radius 1 is 1.37 bits per heavy atom. The summed E-state index contributed by atoms with van der Waals surface area (Å²) in [6, 6.07) is 1.69. The van der Waals surface area contributed by atoms with Crippen molar-refractivity contribution in [2.24, 2.45) is 5.92 Å². The van der Waals surface area contributed by atoms with Crippen molar-refractivity contribution in [1.29, 1.82) is 0 Å². The van der Waals surface area contributed by atoms with Gasteiger partial charge < -0.3 is 5.32 Å². The predicted octanol–water partition coefficient (Wildman–Crippen LogP) is 2.57. The van der Waals surface area contributed by atoms with Crippen LogP contribution in [0.4, 0.5) is 0 Å². The highest BCUT2D eigenvalue weighted by atomic mass is 32.2. The summed E-state index contributed by atoms with van der Waals surface area (Å²) in [4.78, 5) is 1.30. The van der Waals surface area contributed by atoms with Gasteiger partial charge in [-0.3, -0.25) is 0 Å². The van der Waals surface area contributed by atoms with Gasteiger partial charge in [-0.1, -0.05) is 27.2 Å². The molecule has 0 radical (unpaired) electrons. The summed E-state index contributed by atoms with van der Waals surface area (Å²) >= 11 is 1.49. The van der Waals surface area contributed by atoms with Crippen LogP contribution >= 0.6 is 11.3 Å². The molecule has 1 unspecified atom stereocenters. The summed E-state index contributed by atoms with van der Waals surface area (Å²) in [5.41, 5.74) is 0. The Hall–Kier alpha value is -0.430. The van der Waals surface area contributed by atoms with Crippen LogP contribution in [0.5, 0.6) is 0 Å². The van der Waals surface area contributed by atoms with Crippen molar-refractivity contribution in [2.75, 3.05) is 13.1 Å². The molecule has 0 saturated carbocycles. The molecule has 2 N–H and O–H groups in total. The molecule has 0 bridgehead atoms. The molecule has 1 aromatic rings. The van der Waals surface area contributed by atoms with Gasteiger partial charge in [-0.05, 0) is 30.3 Å². The lowest BCUT2D eigenvalue weighted by Gasteiger charge is -2.11. The number of thiophene rings is 1. The van der Waals surface area contributed by atoms with E-state index in [1.165, 1.54) is 11.3 Å². The minimum Gasteiger partial charge on any atom is -0.312 e. The molecule has 0 fully saturated rings. The van der Waals surface area contributed by atoms with Gasteiger partial charge in [0.05, 0.1) is 4.90 Å². The van der Waals surface area contributed by atoms with Crippen LogP contribution in [0.3, 0.4) is 0 Å². The van der Waals surface area contributed by atoms with E-state index in [0.29, 0.717) is 23.9 Å². The molecule has 4 nitrogen and oxygen atoms in total. The van der Waals surface area contributed by atoms with Crippen molar-refractivity contribution in [3.8, 4) is 0 Å². The Morgan fingerprint density at radius 3 is 2.74 bits per heavy atom. The third-order valence-corrected chi connectivity index (χ3v) is 5.58. The summed E-state index contributed by atoms with van der Waals surface area (Å²) in [6.07, 6.45) is 2.01. The van der Waals surface area contributed by atoms with Crippen LogP contribution in [0.2, 0.25) is 0 Å². The topological polar surface area (TPSA) is 58.2 Å². The lowest BCUT2D eigenvalue weighted by Crippen LogP contribution is -2.29. The van der Waals surface area contributed by atoms with Crippen LogP contribution < -0.4 is 10.0 Å². The van der Waals surface area contributed by atoms with Gasteiger partial charge in [0.2, 0.25) is 10.0 Å². The number of nitrogens with one attached hydrogen (secondary N) is 2. The van der Waals surface area contributed by atoms with Gasteiger partial charge in [-0.15, -0.1) is 11.3 Å². The average molecular weight is 304 g/mol. The zero-order valence-corrected chi connectivity index (χ0v) is 13.5. The number of hydrogen-bond acceptors (Lipinski definition) is 4. The first-order valence-corrected chi connectivity index (χ1v) is 9.14. The zero-order valence-electron chi connectivity index (χ0n) is 11.9. The van der Waals surface area contributed by atoms with Crippen molar-refractivity contribution >= 4 is 21.4 Å². The third kappa shape index (κ3) is 5.22. The molecular weight excluding hydrogens is 280 g/mol. The molecule has 1 rings (SSSR count). The molecule has 1 atom stereocenters. The molecule has 6 heteroatoms. The van der Waals surface area contributed by atoms with E-state index in [2.05, 4.69) is 23.9 Å². The van der Waals surface area contributed by atoms with E-state index in [1.54, 1.807) is 6.07 Å². The summed E-state index contributed by atoms with van der Waals surface area (Å²) in [5, 5.41) is 5.08. The Balaban J connectivity index is 2.70. The van der Waals surface area contributed by atoms with Gasteiger partial charge >= 0.3 is 0 Å². The van der Waals surface area contributed by atoms with Crippen LogP contribution in [0.25, 0.3) is 0 Å². The van der Waals surface area contributed by atoms with E-state index in [1.807, 2.05) is 12.3 Å². The molecule has 0 aromatic carbocycles. The van der Waals surface area contributed by atoms with Crippen LogP contribution in [0.15, 0.2) is 16.3 Å². The lowest BCUT2D eigenvalue weighted by atomic mass is 10.1. The summed E-state index contributed by atoms with van der Waals surface area (Å²) in [7, 11) is -3.37. The summed E-state index contributed by atoms with van der Waals surface area (Å²) in [6.45, 7) is 8.20. The van der Waals surface area contributed by atoms with Crippen molar-refractivity contribution in [1.82, 2.24) is 10.0 Å². The Kier molecular flexibility index (Phi) is 6.99. The quantitative estimate of drug-likeness (QED) is 0.689. The molecule has 0 aliphatic rings. The largest absolute Gasteiger partial charge is 0.312 e. The second-order valence-corrected chi connectivity index (χ2v) is 7.49. The first kappa shape index (κ1) is 16.6. The minimum absolute atomic E-state index is 0.357. The van der Waals surface area contributed by atoms with Crippen LogP contribution in [0.1, 0.15) is 38.5 Å². The van der Waals surface area contributed by atoms with Gasteiger partial charge in [0.1, 0.15) is 0 Å². The first-order chi connectivity index (χ1) is 9.01. The van der Waals surface area contributed by atoms with Gasteiger partial charge in [-0.2, -0.15) is 0 Å². The highest BCUT2D eigenvalue weighted by molar-refractivity contribution is 7.89. The normalized spacial score (nSPS) is 13.6. The fraction of sp³-hybridized carbons (Fsp3) is 0.692. The Labute approximate surface area is 120 Å². The van der Waals surface area contributed by atoms with E-state index >= 15 is 0 Å². The number of sulfonamides is 1. The Bertz CT molecular complexity index is 469. The minimum atomic E-state index is -3.37. The fourth-order valence-corrected chi connectivity index (χ4v) is 4.13. The summed E-state index contributed by atoms with van der Waals surface area (Å²) in [5.74, 6) is 0.357. The molecule has 0 saturated heterocycles. The molecule has 1 aromatic heterocycles. The second kappa shape index (κ2) is 7.99. The highest BCUT2D eigenvalue weighted by Crippen LogP contribution is 2.21. The van der Waals surface area contributed by atoms with Crippen molar-refractivity contribution < 1.29 is 8.42 Å². The summed E-state index contributed by atoms with van der Waals surface area (Å²) < 4.78 is 27.2. The average Bonchev–Trinajstić information content (AvgIpc) is 2.85. The standard InChI is InChI=1S/C13H24N2O2S2/c1-4-7-14-10-12-13(6-8-18-12)19(16,17)15-9-11(3)5-2/h6,8,11,14-15H,4-5,7,9-10H2,1-3H3. The van der Waals surface area contributed by atoms with E-state index in [4.69, 9.17) is 0 Å². The highest BCUT2D eigenvalue weighted by Gasteiger charge is 2.19. The maximum Gasteiger partial charge on any atom is 0.241 e. The van der Waals surface area contributed by atoms with Crippen molar-refractivity contribution in [3.63, 3.8) is 0 Å². The lowest BCUT2D eigenvalue weighted by molar-refractivity contribution is 0.528. The fourth-order valence-electron chi connectivity index (χ4n) is 1.55. The van der Waals surface area contributed by atoms with Crippen molar-refractivity contribution in [3.05, 3.63) is 16.3 Å². The smallest absolute Gasteiger partial charge is 0.241 e. The number of rotatable bonds is 9. The van der Waals surface area contributed by atoms with Crippen LogP contribution in [0, 0.1) is 5.92 Å². The molecule has 0 aliphatic carbocycles. The predicted molar refractivity (Wildman–Crippen MR) is 81.0 cm³/mol. The molecule has 1 heterocycles. The van der Waals surface area contributed by atoms with Gasteiger partial charge in [0, 0.05) is 18.0 Å². The molecule has 0 aliphatic heterocycles. The second-order valence-electron chi connectivity index (χ2n) is 4.75. The van der Waals surface area contributed by atoms with Gasteiger partial charge in [0.15, 0.2) is 0 Å². The van der Waals surface area contributed by atoms with Gasteiger partial charge in [0.25, 0.3) is 0 Å². The maximum atomic E-state index is 12.2. The van der Waals surface area contributed by atoms with E-state index in [-0.39, 0.29) is 0 Å². The zero-order chi connectivity index (χ0) is 14.3. The van der Waals surface area contributed by atoms with E-state index in [0.717, 1.165) is 24.3 Å². The molecular formula is C13H24N2O2S2. The van der Waals surface area contributed by atoms with Crippen LogP contribution in [-0.4, -0.2) is 21.5 Å². The van der Waals surface area contributed by atoms with Gasteiger partial charge in [-0.25, -0.2) is 13.1 Å². The molecule has 0 spiro atoms.